The Morgan fingerprint density at radius 3 is 2.62 bits per heavy atom. The summed E-state index contributed by atoms with van der Waals surface area (Å²) in [6.45, 7) is 8.26. The molecule has 0 aromatic rings. The van der Waals surface area contributed by atoms with Gasteiger partial charge in [-0.05, 0) is 58.9 Å². The van der Waals surface area contributed by atoms with Crippen LogP contribution in [0.5, 0.6) is 0 Å². The fourth-order valence-electron chi connectivity index (χ4n) is 2.50. The molecule has 1 atom stereocenters. The Morgan fingerprint density at radius 1 is 1.50 bits per heavy atom. The van der Waals surface area contributed by atoms with Gasteiger partial charge in [0.2, 0.25) is 5.91 Å². The summed E-state index contributed by atoms with van der Waals surface area (Å²) in [5, 5.41) is 3.37. The zero-order chi connectivity index (χ0) is 11.8. The van der Waals surface area contributed by atoms with Crippen molar-refractivity contribution in [1.29, 1.82) is 0 Å². The van der Waals surface area contributed by atoms with Gasteiger partial charge in [0.25, 0.3) is 0 Å². The summed E-state index contributed by atoms with van der Waals surface area (Å²) in [4.78, 5) is 14.6. The van der Waals surface area contributed by atoms with Crippen molar-refractivity contribution in [2.24, 2.45) is 5.92 Å². The zero-order valence-electron chi connectivity index (χ0n) is 10.8. The molecule has 0 aromatic heterocycles. The first-order valence-corrected chi connectivity index (χ1v) is 6.59. The number of hydrogen-bond acceptors (Lipinski definition) is 2. The lowest BCUT2D eigenvalue weighted by Crippen LogP contribution is -2.55. The number of carbonyl (C=O) groups is 1. The third-order valence-electron chi connectivity index (χ3n) is 3.88. The predicted molar refractivity (Wildman–Crippen MR) is 65.2 cm³/mol. The molecule has 0 aromatic carbocycles. The molecule has 1 unspecified atom stereocenters. The van der Waals surface area contributed by atoms with Gasteiger partial charge in [-0.15, -0.1) is 0 Å². The fraction of sp³-hybridized carbons (Fsp3) is 0.923. The van der Waals surface area contributed by atoms with E-state index in [2.05, 4.69) is 31.0 Å². The Hall–Kier alpha value is -0.570. The SMILES string of the molecule is CC(C)N(CC1CC1)C(=O)C1(C)CCCN1. The van der Waals surface area contributed by atoms with Crippen LogP contribution in [0.25, 0.3) is 0 Å². The van der Waals surface area contributed by atoms with Crippen molar-refractivity contribution in [3.05, 3.63) is 0 Å². The summed E-state index contributed by atoms with van der Waals surface area (Å²) in [6.07, 6.45) is 4.72. The Labute approximate surface area is 98.6 Å². The molecular weight excluding hydrogens is 200 g/mol. The van der Waals surface area contributed by atoms with Crippen molar-refractivity contribution in [3.8, 4) is 0 Å². The lowest BCUT2D eigenvalue weighted by Gasteiger charge is -2.34. The number of carbonyl (C=O) groups excluding carboxylic acids is 1. The molecule has 2 aliphatic rings. The second-order valence-corrected chi connectivity index (χ2v) is 5.86. The molecule has 1 saturated carbocycles. The van der Waals surface area contributed by atoms with Gasteiger partial charge >= 0.3 is 0 Å². The van der Waals surface area contributed by atoms with Crippen molar-refractivity contribution < 1.29 is 4.79 Å². The molecule has 3 nitrogen and oxygen atoms in total. The van der Waals surface area contributed by atoms with Crippen LogP contribution in [0.1, 0.15) is 46.5 Å². The average molecular weight is 224 g/mol. The predicted octanol–water partition coefficient (Wildman–Crippen LogP) is 1.78. The third-order valence-corrected chi connectivity index (χ3v) is 3.88. The van der Waals surface area contributed by atoms with Crippen molar-refractivity contribution in [1.82, 2.24) is 10.2 Å². The normalized spacial score (nSPS) is 29.8. The molecule has 1 aliphatic carbocycles. The molecule has 1 aliphatic heterocycles. The second-order valence-electron chi connectivity index (χ2n) is 5.86. The Morgan fingerprint density at radius 2 is 2.19 bits per heavy atom. The van der Waals surface area contributed by atoms with Gasteiger partial charge in [0, 0.05) is 12.6 Å². The van der Waals surface area contributed by atoms with E-state index in [4.69, 9.17) is 0 Å². The summed E-state index contributed by atoms with van der Waals surface area (Å²) >= 11 is 0. The van der Waals surface area contributed by atoms with Crippen LogP contribution in [0.15, 0.2) is 0 Å². The van der Waals surface area contributed by atoms with E-state index >= 15 is 0 Å². The fourth-order valence-corrected chi connectivity index (χ4v) is 2.50. The van der Waals surface area contributed by atoms with Gasteiger partial charge in [-0.2, -0.15) is 0 Å². The van der Waals surface area contributed by atoms with Gasteiger partial charge in [0.1, 0.15) is 0 Å². The summed E-state index contributed by atoms with van der Waals surface area (Å²) < 4.78 is 0. The first kappa shape index (κ1) is 11.9. The van der Waals surface area contributed by atoms with Crippen molar-refractivity contribution in [2.45, 2.75) is 58.0 Å². The second kappa shape index (κ2) is 4.36. The van der Waals surface area contributed by atoms with Crippen LogP contribution in [0.4, 0.5) is 0 Å². The van der Waals surface area contributed by atoms with Gasteiger partial charge in [0.05, 0.1) is 5.54 Å². The van der Waals surface area contributed by atoms with Crippen molar-refractivity contribution >= 4 is 5.91 Å². The summed E-state index contributed by atoms with van der Waals surface area (Å²) in [5.74, 6) is 1.09. The molecule has 92 valence electrons. The monoisotopic (exact) mass is 224 g/mol. The highest BCUT2D eigenvalue weighted by atomic mass is 16.2. The molecule has 1 N–H and O–H groups in total. The highest BCUT2D eigenvalue weighted by Gasteiger charge is 2.41. The molecule has 0 bridgehead atoms. The first-order valence-electron chi connectivity index (χ1n) is 6.59. The van der Waals surface area contributed by atoms with E-state index in [1.165, 1.54) is 12.8 Å². The smallest absolute Gasteiger partial charge is 0.242 e. The molecule has 1 heterocycles. The molecule has 1 saturated heterocycles. The molecule has 3 heteroatoms. The van der Waals surface area contributed by atoms with Gasteiger partial charge < -0.3 is 10.2 Å². The maximum absolute atomic E-state index is 12.5. The molecule has 1 amide bonds. The van der Waals surface area contributed by atoms with Crippen LogP contribution in [-0.2, 0) is 4.79 Å². The van der Waals surface area contributed by atoms with Crippen LogP contribution in [0, 0.1) is 5.92 Å². The van der Waals surface area contributed by atoms with Gasteiger partial charge in [-0.3, -0.25) is 4.79 Å². The largest absolute Gasteiger partial charge is 0.338 e. The van der Waals surface area contributed by atoms with E-state index in [9.17, 15) is 4.79 Å². The molecule has 2 rings (SSSR count). The highest BCUT2D eigenvalue weighted by molar-refractivity contribution is 5.86. The van der Waals surface area contributed by atoms with Crippen LogP contribution < -0.4 is 5.32 Å². The Balaban J connectivity index is 2.03. The standard InChI is InChI=1S/C13H24N2O/c1-10(2)15(9-11-5-6-11)12(16)13(3)7-4-8-14-13/h10-11,14H,4-9H2,1-3H3. The molecule has 2 fully saturated rings. The highest BCUT2D eigenvalue weighted by Crippen LogP contribution is 2.32. The van der Waals surface area contributed by atoms with Crippen molar-refractivity contribution in [2.75, 3.05) is 13.1 Å². The molecular formula is C13H24N2O. The quantitative estimate of drug-likeness (QED) is 0.789. The molecule has 16 heavy (non-hydrogen) atoms. The topological polar surface area (TPSA) is 32.3 Å². The number of nitrogens with zero attached hydrogens (tertiary/aromatic N) is 1. The molecule has 0 spiro atoms. The van der Waals surface area contributed by atoms with Crippen LogP contribution in [0.2, 0.25) is 0 Å². The lowest BCUT2D eigenvalue weighted by atomic mass is 9.97. The van der Waals surface area contributed by atoms with Crippen LogP contribution in [-0.4, -0.2) is 35.5 Å². The van der Waals surface area contributed by atoms with Crippen LogP contribution >= 0.6 is 0 Å². The van der Waals surface area contributed by atoms with Gasteiger partial charge in [-0.1, -0.05) is 0 Å². The first-order chi connectivity index (χ1) is 7.53. The van der Waals surface area contributed by atoms with Crippen LogP contribution in [0.3, 0.4) is 0 Å². The number of amides is 1. The Kier molecular flexibility index (Phi) is 3.24. The maximum Gasteiger partial charge on any atom is 0.242 e. The Bertz CT molecular complexity index is 265. The average Bonchev–Trinajstić information content (AvgIpc) is 2.95. The van der Waals surface area contributed by atoms with Gasteiger partial charge in [0.15, 0.2) is 0 Å². The summed E-state index contributed by atoms with van der Waals surface area (Å²) in [5.41, 5.74) is -0.292. The van der Waals surface area contributed by atoms with E-state index in [0.29, 0.717) is 11.9 Å². The third kappa shape index (κ3) is 2.40. The van der Waals surface area contributed by atoms with E-state index in [1.54, 1.807) is 0 Å². The zero-order valence-corrected chi connectivity index (χ0v) is 10.8. The summed E-state index contributed by atoms with van der Waals surface area (Å²) in [7, 11) is 0. The van der Waals surface area contributed by atoms with E-state index in [-0.39, 0.29) is 5.54 Å². The minimum absolute atomic E-state index is 0.292. The van der Waals surface area contributed by atoms with Gasteiger partial charge in [-0.25, -0.2) is 0 Å². The number of nitrogens with one attached hydrogen (secondary N) is 1. The van der Waals surface area contributed by atoms with Crippen molar-refractivity contribution in [3.63, 3.8) is 0 Å². The molecule has 0 radical (unpaired) electrons. The summed E-state index contributed by atoms with van der Waals surface area (Å²) in [6, 6.07) is 0.326. The lowest BCUT2D eigenvalue weighted by molar-refractivity contribution is -0.139. The van der Waals surface area contributed by atoms with E-state index in [1.807, 2.05) is 0 Å². The minimum Gasteiger partial charge on any atom is -0.338 e. The number of rotatable bonds is 4. The maximum atomic E-state index is 12.5. The van der Waals surface area contributed by atoms with E-state index < -0.39 is 0 Å². The number of hydrogen-bond donors (Lipinski definition) is 1. The van der Waals surface area contributed by atoms with E-state index in [0.717, 1.165) is 31.8 Å². The minimum atomic E-state index is -0.292.